The summed E-state index contributed by atoms with van der Waals surface area (Å²) in [5, 5.41) is 2.93. The number of anilines is 1. The molecule has 1 aliphatic rings. The second kappa shape index (κ2) is 8.84. The molecule has 1 unspecified atom stereocenters. The number of pyridine rings is 1. The summed E-state index contributed by atoms with van der Waals surface area (Å²) in [7, 11) is 0. The zero-order valence-corrected chi connectivity index (χ0v) is 14.4. The van der Waals surface area contributed by atoms with Gasteiger partial charge in [-0.2, -0.15) is 0 Å². The molecule has 23 heavy (non-hydrogen) atoms. The monoisotopic (exact) mass is 320 g/mol. The van der Waals surface area contributed by atoms with E-state index in [2.05, 4.69) is 22.1 Å². The minimum Gasteiger partial charge on any atom is -0.380 e. The third-order valence-corrected chi connectivity index (χ3v) is 4.25. The number of ether oxygens (including phenoxy) is 1. The normalized spacial score (nSPS) is 18.9. The average Bonchev–Trinajstić information content (AvgIpc) is 2.57. The van der Waals surface area contributed by atoms with Gasteiger partial charge in [0.05, 0.1) is 18.5 Å². The molecule has 0 aromatic carbocycles. The van der Waals surface area contributed by atoms with Gasteiger partial charge in [-0.1, -0.05) is 6.92 Å². The van der Waals surface area contributed by atoms with Crippen molar-refractivity contribution in [1.82, 2.24) is 14.8 Å². The summed E-state index contributed by atoms with van der Waals surface area (Å²) in [6.45, 7) is 11.0. The Morgan fingerprint density at radius 2 is 2.22 bits per heavy atom. The number of aryl methyl sites for hydroxylation is 1. The van der Waals surface area contributed by atoms with Crippen molar-refractivity contribution in [3.8, 4) is 0 Å². The van der Waals surface area contributed by atoms with Crippen LogP contribution in [0.15, 0.2) is 18.3 Å². The van der Waals surface area contributed by atoms with E-state index in [0.29, 0.717) is 6.04 Å². The number of aromatic nitrogens is 1. The standard InChI is InChI=1S/C17H28N4O2/c1-4-16-13-21(9-8-20(16)10-11-23-5-2)17(22)19-15-7-6-14(3)18-12-15/h6-7,12,16H,4-5,8-11,13H2,1-3H3,(H,19,22). The van der Waals surface area contributed by atoms with E-state index in [1.54, 1.807) is 6.20 Å². The number of hydrogen-bond acceptors (Lipinski definition) is 4. The summed E-state index contributed by atoms with van der Waals surface area (Å²) < 4.78 is 5.45. The first-order valence-corrected chi connectivity index (χ1v) is 8.44. The molecule has 0 aliphatic carbocycles. The van der Waals surface area contributed by atoms with Gasteiger partial charge in [0.25, 0.3) is 0 Å². The Balaban J connectivity index is 1.86. The molecule has 1 fully saturated rings. The summed E-state index contributed by atoms with van der Waals surface area (Å²) >= 11 is 0. The minimum atomic E-state index is -0.0430. The summed E-state index contributed by atoms with van der Waals surface area (Å²) in [5.41, 5.74) is 1.68. The maximum atomic E-state index is 12.4. The van der Waals surface area contributed by atoms with E-state index in [9.17, 15) is 4.79 Å². The molecule has 0 bridgehead atoms. The molecule has 0 saturated carbocycles. The number of carbonyl (C=O) groups is 1. The smallest absolute Gasteiger partial charge is 0.321 e. The van der Waals surface area contributed by atoms with E-state index in [4.69, 9.17) is 4.74 Å². The highest BCUT2D eigenvalue weighted by Crippen LogP contribution is 2.14. The van der Waals surface area contributed by atoms with E-state index < -0.39 is 0 Å². The van der Waals surface area contributed by atoms with Crippen molar-refractivity contribution in [2.24, 2.45) is 0 Å². The lowest BCUT2D eigenvalue weighted by atomic mass is 10.1. The van der Waals surface area contributed by atoms with E-state index >= 15 is 0 Å². The van der Waals surface area contributed by atoms with Crippen LogP contribution in [0.2, 0.25) is 0 Å². The Morgan fingerprint density at radius 1 is 1.39 bits per heavy atom. The third-order valence-electron chi connectivity index (χ3n) is 4.25. The van der Waals surface area contributed by atoms with Gasteiger partial charge in [0.2, 0.25) is 0 Å². The lowest BCUT2D eigenvalue weighted by molar-refractivity contribution is 0.0545. The number of amides is 2. The quantitative estimate of drug-likeness (QED) is 0.818. The van der Waals surface area contributed by atoms with Crippen LogP contribution in [0.1, 0.15) is 26.0 Å². The number of nitrogens with one attached hydrogen (secondary N) is 1. The van der Waals surface area contributed by atoms with Crippen LogP contribution in [0.25, 0.3) is 0 Å². The van der Waals surface area contributed by atoms with Gasteiger partial charge in [-0.15, -0.1) is 0 Å². The molecule has 2 amide bonds. The van der Waals surface area contributed by atoms with Crippen LogP contribution in [0.3, 0.4) is 0 Å². The molecular formula is C17H28N4O2. The number of rotatable bonds is 6. The maximum Gasteiger partial charge on any atom is 0.321 e. The molecule has 1 N–H and O–H groups in total. The highest BCUT2D eigenvalue weighted by atomic mass is 16.5. The summed E-state index contributed by atoms with van der Waals surface area (Å²) in [5.74, 6) is 0. The lowest BCUT2D eigenvalue weighted by Gasteiger charge is -2.41. The van der Waals surface area contributed by atoms with Gasteiger partial charge in [-0.05, 0) is 32.4 Å². The zero-order valence-electron chi connectivity index (χ0n) is 14.4. The number of urea groups is 1. The Morgan fingerprint density at radius 3 is 2.87 bits per heavy atom. The van der Waals surface area contributed by atoms with Crippen LogP contribution >= 0.6 is 0 Å². The van der Waals surface area contributed by atoms with Crippen molar-refractivity contribution in [1.29, 1.82) is 0 Å². The van der Waals surface area contributed by atoms with Gasteiger partial charge >= 0.3 is 6.03 Å². The first-order chi connectivity index (χ1) is 11.1. The maximum absolute atomic E-state index is 12.4. The molecule has 0 spiro atoms. The molecule has 1 aliphatic heterocycles. The fourth-order valence-electron chi connectivity index (χ4n) is 2.83. The SMILES string of the molecule is CCOCCN1CCN(C(=O)Nc2ccc(C)nc2)CC1CC. The Labute approximate surface area is 138 Å². The summed E-state index contributed by atoms with van der Waals surface area (Å²) in [6, 6.07) is 4.14. The van der Waals surface area contributed by atoms with Gasteiger partial charge < -0.3 is 15.0 Å². The number of nitrogens with zero attached hydrogens (tertiary/aromatic N) is 3. The van der Waals surface area contributed by atoms with Crippen molar-refractivity contribution >= 4 is 11.7 Å². The van der Waals surface area contributed by atoms with Crippen LogP contribution in [-0.2, 0) is 4.74 Å². The topological polar surface area (TPSA) is 57.7 Å². The Kier molecular flexibility index (Phi) is 6.80. The fourth-order valence-corrected chi connectivity index (χ4v) is 2.83. The van der Waals surface area contributed by atoms with Crippen LogP contribution in [0.5, 0.6) is 0 Å². The molecule has 6 nitrogen and oxygen atoms in total. The first-order valence-electron chi connectivity index (χ1n) is 8.44. The largest absolute Gasteiger partial charge is 0.380 e. The van der Waals surface area contributed by atoms with Gasteiger partial charge in [0.15, 0.2) is 0 Å². The summed E-state index contributed by atoms with van der Waals surface area (Å²) in [6.07, 6.45) is 2.73. The van der Waals surface area contributed by atoms with Crippen molar-refractivity contribution in [3.63, 3.8) is 0 Å². The molecule has 2 heterocycles. The Bertz CT molecular complexity index is 492. The van der Waals surface area contributed by atoms with Gasteiger partial charge in [-0.25, -0.2) is 4.79 Å². The molecule has 0 radical (unpaired) electrons. The van der Waals surface area contributed by atoms with Crippen molar-refractivity contribution in [2.45, 2.75) is 33.2 Å². The van der Waals surface area contributed by atoms with Crippen LogP contribution in [0, 0.1) is 6.92 Å². The summed E-state index contributed by atoms with van der Waals surface area (Å²) in [4.78, 5) is 20.9. The predicted molar refractivity (Wildman–Crippen MR) is 91.7 cm³/mol. The molecule has 1 atom stereocenters. The van der Waals surface area contributed by atoms with Crippen molar-refractivity contribution in [2.75, 3.05) is 44.7 Å². The van der Waals surface area contributed by atoms with E-state index in [1.807, 2.05) is 30.9 Å². The van der Waals surface area contributed by atoms with Crippen LogP contribution in [-0.4, -0.2) is 66.2 Å². The highest BCUT2D eigenvalue weighted by molar-refractivity contribution is 5.89. The van der Waals surface area contributed by atoms with E-state index in [0.717, 1.165) is 57.2 Å². The number of carbonyl (C=O) groups excluding carboxylic acids is 1. The third kappa shape index (κ3) is 5.18. The van der Waals surface area contributed by atoms with Crippen molar-refractivity contribution < 1.29 is 9.53 Å². The lowest BCUT2D eigenvalue weighted by Crippen LogP contribution is -2.56. The van der Waals surface area contributed by atoms with Crippen LogP contribution < -0.4 is 5.32 Å². The highest BCUT2D eigenvalue weighted by Gasteiger charge is 2.28. The van der Waals surface area contributed by atoms with Gasteiger partial charge in [-0.3, -0.25) is 9.88 Å². The second-order valence-corrected chi connectivity index (χ2v) is 5.86. The first kappa shape index (κ1) is 17.7. The fraction of sp³-hybridized carbons (Fsp3) is 0.647. The zero-order chi connectivity index (χ0) is 16.7. The predicted octanol–water partition coefficient (Wildman–Crippen LogP) is 2.35. The van der Waals surface area contributed by atoms with Gasteiger partial charge in [0, 0.05) is 44.5 Å². The van der Waals surface area contributed by atoms with E-state index in [-0.39, 0.29) is 6.03 Å². The Hall–Kier alpha value is -1.66. The average molecular weight is 320 g/mol. The molecule has 1 aromatic heterocycles. The second-order valence-electron chi connectivity index (χ2n) is 5.86. The van der Waals surface area contributed by atoms with Crippen molar-refractivity contribution in [3.05, 3.63) is 24.0 Å². The van der Waals surface area contributed by atoms with Crippen LogP contribution in [0.4, 0.5) is 10.5 Å². The molecule has 128 valence electrons. The number of hydrogen-bond donors (Lipinski definition) is 1. The number of piperazine rings is 1. The van der Waals surface area contributed by atoms with E-state index in [1.165, 1.54) is 0 Å². The van der Waals surface area contributed by atoms with Gasteiger partial charge in [0.1, 0.15) is 0 Å². The molecule has 1 aromatic rings. The molecule has 6 heteroatoms. The molecule has 2 rings (SSSR count). The molecule has 1 saturated heterocycles. The minimum absolute atomic E-state index is 0.0430. The molecular weight excluding hydrogens is 292 g/mol.